The maximum Gasteiger partial charge on any atom is 0.154 e. The standard InChI is InChI=1S/C12H4Cl6O2S2/c13-3-1-5(7(15)9(17)11(3)19)21-22-6-2-4(14)12(20)10(18)8(6)16/h1-2,19-20H. The van der Waals surface area contributed by atoms with Gasteiger partial charge in [0.1, 0.15) is 10.0 Å². The molecule has 0 saturated carbocycles. The average molecular weight is 457 g/mol. The molecule has 2 N–H and O–H groups in total. The van der Waals surface area contributed by atoms with E-state index >= 15 is 0 Å². The zero-order valence-corrected chi connectivity index (χ0v) is 16.3. The minimum atomic E-state index is -0.281. The van der Waals surface area contributed by atoms with E-state index in [1.807, 2.05) is 0 Å². The fraction of sp³-hybridized carbons (Fsp3) is 0. The molecule has 2 nitrogen and oxygen atoms in total. The molecule has 2 aromatic carbocycles. The third-order valence-electron chi connectivity index (χ3n) is 2.42. The molecule has 22 heavy (non-hydrogen) atoms. The minimum absolute atomic E-state index is 0.0369. The monoisotopic (exact) mass is 454 g/mol. The van der Waals surface area contributed by atoms with Gasteiger partial charge in [-0.05, 0) is 12.1 Å². The summed E-state index contributed by atoms with van der Waals surface area (Å²) < 4.78 is 0. The van der Waals surface area contributed by atoms with Gasteiger partial charge < -0.3 is 10.2 Å². The van der Waals surface area contributed by atoms with E-state index in [0.717, 1.165) is 0 Å². The Labute approximate surface area is 164 Å². The summed E-state index contributed by atoms with van der Waals surface area (Å²) in [6.07, 6.45) is 0. The number of benzene rings is 2. The largest absolute Gasteiger partial charge is 0.505 e. The lowest BCUT2D eigenvalue weighted by atomic mass is 10.3. The molecule has 0 unspecified atom stereocenters. The molecule has 0 aliphatic heterocycles. The highest BCUT2D eigenvalue weighted by Crippen LogP contribution is 2.51. The van der Waals surface area contributed by atoms with Crippen molar-refractivity contribution >= 4 is 91.2 Å². The Morgan fingerprint density at radius 3 is 1.23 bits per heavy atom. The van der Waals surface area contributed by atoms with Crippen LogP contribution in [0.5, 0.6) is 11.5 Å². The third-order valence-corrected chi connectivity index (χ3v) is 7.35. The van der Waals surface area contributed by atoms with Crippen molar-refractivity contribution in [1.82, 2.24) is 0 Å². The van der Waals surface area contributed by atoms with Crippen LogP contribution < -0.4 is 0 Å². The van der Waals surface area contributed by atoms with Crippen LogP contribution in [0.1, 0.15) is 0 Å². The second kappa shape index (κ2) is 7.58. The van der Waals surface area contributed by atoms with Crippen LogP contribution in [0.15, 0.2) is 21.9 Å². The van der Waals surface area contributed by atoms with Gasteiger partial charge in [0.25, 0.3) is 0 Å². The Balaban J connectivity index is 2.32. The van der Waals surface area contributed by atoms with Crippen molar-refractivity contribution in [3.63, 3.8) is 0 Å². The van der Waals surface area contributed by atoms with Crippen LogP contribution in [0, 0.1) is 0 Å². The smallest absolute Gasteiger partial charge is 0.154 e. The predicted molar refractivity (Wildman–Crippen MR) is 98.0 cm³/mol. The van der Waals surface area contributed by atoms with Crippen molar-refractivity contribution in [3.05, 3.63) is 42.3 Å². The van der Waals surface area contributed by atoms with Gasteiger partial charge in [0.05, 0.1) is 20.1 Å². The second-order valence-corrected chi connectivity index (χ2v) is 8.37. The molecule has 0 radical (unpaired) electrons. The van der Waals surface area contributed by atoms with Crippen LogP contribution in [0.4, 0.5) is 0 Å². The molecule has 10 heteroatoms. The number of phenolic OH excluding ortho intramolecular Hbond substituents is 2. The molecule has 0 aromatic heterocycles. The summed E-state index contributed by atoms with van der Waals surface area (Å²) in [6.45, 7) is 0. The van der Waals surface area contributed by atoms with E-state index < -0.39 is 0 Å². The molecule has 0 atom stereocenters. The van der Waals surface area contributed by atoms with Gasteiger partial charge in [-0.15, -0.1) is 0 Å². The first-order chi connectivity index (χ1) is 10.2. The molecule has 0 aliphatic carbocycles. The lowest BCUT2D eigenvalue weighted by Crippen LogP contribution is -1.81. The van der Waals surface area contributed by atoms with E-state index in [1.54, 1.807) is 0 Å². The molecule has 0 fully saturated rings. The van der Waals surface area contributed by atoms with Crippen molar-refractivity contribution in [2.75, 3.05) is 0 Å². The highest BCUT2D eigenvalue weighted by molar-refractivity contribution is 8.76. The predicted octanol–water partition coefficient (Wildman–Crippen LogP) is 7.82. The second-order valence-electron chi connectivity index (χ2n) is 3.83. The Kier molecular flexibility index (Phi) is 6.48. The topological polar surface area (TPSA) is 40.5 Å². The maximum absolute atomic E-state index is 9.60. The lowest BCUT2D eigenvalue weighted by molar-refractivity contribution is 0.475. The zero-order chi connectivity index (χ0) is 16.6. The van der Waals surface area contributed by atoms with Crippen molar-refractivity contribution in [3.8, 4) is 11.5 Å². The molecular weight excluding hydrogens is 453 g/mol. The van der Waals surface area contributed by atoms with Gasteiger partial charge in [0, 0.05) is 9.79 Å². The molecular formula is C12H4Cl6O2S2. The summed E-state index contributed by atoms with van der Waals surface area (Å²) in [5, 5.41) is 19.6. The van der Waals surface area contributed by atoms with Gasteiger partial charge in [-0.25, -0.2) is 0 Å². The van der Waals surface area contributed by atoms with Crippen molar-refractivity contribution in [2.24, 2.45) is 0 Å². The molecule has 2 aromatic rings. The van der Waals surface area contributed by atoms with Crippen LogP contribution in [0.3, 0.4) is 0 Å². The zero-order valence-electron chi connectivity index (χ0n) is 10.1. The van der Waals surface area contributed by atoms with Crippen molar-refractivity contribution in [2.45, 2.75) is 9.79 Å². The number of aromatic hydroxyl groups is 2. The van der Waals surface area contributed by atoms with E-state index in [4.69, 9.17) is 69.6 Å². The summed E-state index contributed by atoms with van der Waals surface area (Å²) in [6, 6.07) is 2.95. The van der Waals surface area contributed by atoms with Crippen LogP contribution >= 0.6 is 91.2 Å². The number of hydrogen-bond donors (Lipinski definition) is 2. The fourth-order valence-corrected chi connectivity index (χ4v) is 5.47. The van der Waals surface area contributed by atoms with Crippen molar-refractivity contribution in [1.29, 1.82) is 0 Å². The molecule has 118 valence electrons. The maximum atomic E-state index is 9.60. The number of rotatable bonds is 3. The van der Waals surface area contributed by atoms with Gasteiger partial charge in [-0.2, -0.15) is 0 Å². The highest BCUT2D eigenvalue weighted by Gasteiger charge is 2.18. The molecule has 0 aliphatic rings. The normalized spacial score (nSPS) is 11.0. The van der Waals surface area contributed by atoms with Gasteiger partial charge in [0.15, 0.2) is 11.5 Å². The quantitative estimate of drug-likeness (QED) is 0.365. The van der Waals surface area contributed by atoms with E-state index in [2.05, 4.69) is 0 Å². The summed E-state index contributed by atoms with van der Waals surface area (Å²) in [5.41, 5.74) is 0. The number of phenols is 2. The molecule has 0 amide bonds. The molecule has 0 heterocycles. The Morgan fingerprint density at radius 1 is 0.591 bits per heavy atom. The van der Waals surface area contributed by atoms with Gasteiger partial charge in [0.2, 0.25) is 0 Å². The van der Waals surface area contributed by atoms with Crippen molar-refractivity contribution < 1.29 is 10.2 Å². The Morgan fingerprint density at radius 2 is 0.909 bits per heavy atom. The first kappa shape index (κ1) is 18.8. The lowest BCUT2D eigenvalue weighted by Gasteiger charge is -2.10. The highest BCUT2D eigenvalue weighted by atomic mass is 35.5. The molecule has 0 bridgehead atoms. The first-order valence-electron chi connectivity index (χ1n) is 5.31. The summed E-state index contributed by atoms with van der Waals surface area (Å²) in [4.78, 5) is 1.05. The summed E-state index contributed by atoms with van der Waals surface area (Å²) in [7, 11) is 2.39. The van der Waals surface area contributed by atoms with E-state index in [-0.39, 0.29) is 41.6 Å². The van der Waals surface area contributed by atoms with Crippen LogP contribution in [0.2, 0.25) is 30.1 Å². The Hall–Kier alpha value is 0.480. The van der Waals surface area contributed by atoms with Gasteiger partial charge >= 0.3 is 0 Å². The average Bonchev–Trinajstić information content (AvgIpc) is 2.49. The van der Waals surface area contributed by atoms with Crippen LogP contribution in [-0.4, -0.2) is 10.2 Å². The number of hydrogen-bond acceptors (Lipinski definition) is 4. The first-order valence-corrected chi connectivity index (χ1v) is 9.73. The minimum Gasteiger partial charge on any atom is -0.505 e. The van der Waals surface area contributed by atoms with Crippen LogP contribution in [-0.2, 0) is 0 Å². The molecule has 0 saturated heterocycles. The third kappa shape index (κ3) is 3.76. The summed E-state index contributed by atoms with van der Waals surface area (Å²) in [5.74, 6) is -0.562. The van der Waals surface area contributed by atoms with Gasteiger partial charge in [-0.3, -0.25) is 0 Å². The van der Waals surface area contributed by atoms with Crippen LogP contribution in [0.25, 0.3) is 0 Å². The SMILES string of the molecule is Oc1c(Cl)cc(SSc2cc(Cl)c(O)c(Cl)c2Cl)c(Cl)c1Cl. The number of halogens is 6. The van der Waals surface area contributed by atoms with E-state index in [0.29, 0.717) is 9.79 Å². The molecule has 2 rings (SSSR count). The van der Waals surface area contributed by atoms with E-state index in [1.165, 1.54) is 33.7 Å². The van der Waals surface area contributed by atoms with E-state index in [9.17, 15) is 10.2 Å². The van der Waals surface area contributed by atoms with Gasteiger partial charge in [-0.1, -0.05) is 91.2 Å². The fourth-order valence-electron chi connectivity index (χ4n) is 1.34. The summed E-state index contributed by atoms with van der Waals surface area (Å²) >= 11 is 35.6. The Bertz CT molecular complexity index is 690. The molecule has 0 spiro atoms.